The normalized spacial score (nSPS) is 23.8. The smallest absolute Gasteiger partial charge is 0.315 e. The van der Waals surface area contributed by atoms with E-state index >= 15 is 0 Å². The molecule has 3 N–H and O–H groups in total. The number of aromatic nitrogens is 1. The largest absolute Gasteiger partial charge is 0.396 e. The minimum Gasteiger partial charge on any atom is -0.396 e. The molecule has 1 aromatic carbocycles. The monoisotopic (exact) mass is 339 g/mol. The number of nitrogens with zero attached hydrogens (tertiary/aromatic N) is 1. The molecule has 1 aromatic heterocycles. The second kappa shape index (κ2) is 7.66. The number of amides is 2. The van der Waals surface area contributed by atoms with Crippen molar-refractivity contribution in [1.29, 1.82) is 0 Å². The van der Waals surface area contributed by atoms with Gasteiger partial charge in [-0.15, -0.1) is 0 Å². The molecule has 1 aliphatic rings. The summed E-state index contributed by atoms with van der Waals surface area (Å²) >= 11 is 0. The molecule has 0 saturated heterocycles. The second-order valence-electron chi connectivity index (χ2n) is 6.97. The van der Waals surface area contributed by atoms with Gasteiger partial charge in [-0.3, -0.25) is 4.98 Å². The summed E-state index contributed by atoms with van der Waals surface area (Å²) in [6.07, 6.45) is 4.57. The first-order valence-corrected chi connectivity index (χ1v) is 8.76. The molecule has 132 valence electrons. The van der Waals surface area contributed by atoms with Gasteiger partial charge >= 0.3 is 6.03 Å². The Morgan fingerprint density at radius 2 is 2.04 bits per heavy atom. The first-order chi connectivity index (χ1) is 12.1. The second-order valence-corrected chi connectivity index (χ2v) is 6.97. The van der Waals surface area contributed by atoms with Crippen molar-refractivity contribution >= 4 is 6.03 Å². The minimum absolute atomic E-state index is 0.0161. The molecule has 3 atom stereocenters. The number of aliphatic hydroxyl groups excluding tert-OH is 1. The van der Waals surface area contributed by atoms with Crippen LogP contribution in [0.4, 0.5) is 4.79 Å². The highest BCUT2D eigenvalue weighted by Crippen LogP contribution is 2.37. The summed E-state index contributed by atoms with van der Waals surface area (Å²) in [5.74, 6) is 0. The van der Waals surface area contributed by atoms with Crippen molar-refractivity contribution in [2.24, 2.45) is 5.41 Å². The average molecular weight is 339 g/mol. The van der Waals surface area contributed by atoms with E-state index in [1.165, 1.54) is 0 Å². The van der Waals surface area contributed by atoms with Gasteiger partial charge in [0.25, 0.3) is 0 Å². The van der Waals surface area contributed by atoms with E-state index in [2.05, 4.69) is 15.6 Å². The third kappa shape index (κ3) is 3.99. The van der Waals surface area contributed by atoms with Crippen LogP contribution in [0.15, 0.2) is 54.7 Å². The van der Waals surface area contributed by atoms with Crippen LogP contribution >= 0.6 is 0 Å². The van der Waals surface area contributed by atoms with Crippen LogP contribution in [0.2, 0.25) is 0 Å². The number of hydrogen-bond donors (Lipinski definition) is 3. The van der Waals surface area contributed by atoms with Crippen LogP contribution in [0, 0.1) is 5.41 Å². The molecular weight excluding hydrogens is 314 g/mol. The Balaban J connectivity index is 1.76. The maximum Gasteiger partial charge on any atom is 0.315 e. The van der Waals surface area contributed by atoms with E-state index in [4.69, 9.17) is 0 Å². The van der Waals surface area contributed by atoms with Crippen molar-refractivity contribution < 1.29 is 9.90 Å². The van der Waals surface area contributed by atoms with Gasteiger partial charge < -0.3 is 15.7 Å². The average Bonchev–Trinajstić information content (AvgIpc) is 3.02. The summed E-state index contributed by atoms with van der Waals surface area (Å²) in [5.41, 5.74) is 1.53. The van der Waals surface area contributed by atoms with Crippen molar-refractivity contribution in [1.82, 2.24) is 15.6 Å². The standard InChI is InChI=1S/C20H25N3O2/c1-20(14-24)12-7-11-17(20)22-19(25)23-18(15-8-3-2-4-9-15)16-10-5-6-13-21-16/h2-6,8-10,13,17-18,24H,7,11-12,14H2,1H3,(H2,22,23,25). The summed E-state index contributed by atoms with van der Waals surface area (Å²) in [4.78, 5) is 17.0. The highest BCUT2D eigenvalue weighted by Gasteiger charge is 2.39. The number of pyridine rings is 1. The lowest BCUT2D eigenvalue weighted by Gasteiger charge is -2.31. The number of carbonyl (C=O) groups is 1. The van der Waals surface area contributed by atoms with E-state index in [-0.39, 0.29) is 30.1 Å². The van der Waals surface area contributed by atoms with Crippen LogP contribution in [0.25, 0.3) is 0 Å². The number of carbonyl (C=O) groups excluding carboxylic acids is 1. The molecule has 1 heterocycles. The van der Waals surface area contributed by atoms with Crippen molar-refractivity contribution in [2.45, 2.75) is 38.3 Å². The van der Waals surface area contributed by atoms with Crippen LogP contribution in [0.3, 0.4) is 0 Å². The SMILES string of the molecule is CC1(CO)CCCC1NC(=O)NC(c1ccccc1)c1ccccn1. The number of rotatable bonds is 5. The van der Waals surface area contributed by atoms with E-state index < -0.39 is 0 Å². The molecule has 0 spiro atoms. The first-order valence-electron chi connectivity index (χ1n) is 8.76. The molecule has 2 aromatic rings. The molecule has 2 amide bonds. The van der Waals surface area contributed by atoms with Gasteiger partial charge in [-0.05, 0) is 30.5 Å². The van der Waals surface area contributed by atoms with Gasteiger partial charge in [0.15, 0.2) is 0 Å². The zero-order chi connectivity index (χ0) is 17.7. The maximum atomic E-state index is 12.6. The number of hydrogen-bond acceptors (Lipinski definition) is 3. The Morgan fingerprint density at radius 1 is 1.28 bits per heavy atom. The Morgan fingerprint density at radius 3 is 2.72 bits per heavy atom. The zero-order valence-electron chi connectivity index (χ0n) is 14.5. The summed E-state index contributed by atoms with van der Waals surface area (Å²) < 4.78 is 0. The van der Waals surface area contributed by atoms with Gasteiger partial charge in [-0.1, -0.05) is 49.7 Å². The highest BCUT2D eigenvalue weighted by atomic mass is 16.3. The van der Waals surface area contributed by atoms with E-state index in [0.717, 1.165) is 30.5 Å². The Hall–Kier alpha value is -2.40. The van der Waals surface area contributed by atoms with E-state index in [1.807, 2.05) is 55.5 Å². The molecule has 0 radical (unpaired) electrons. The predicted octanol–water partition coefficient (Wildman–Crippen LogP) is 3.02. The van der Waals surface area contributed by atoms with Crippen molar-refractivity contribution in [3.8, 4) is 0 Å². The van der Waals surface area contributed by atoms with E-state index in [1.54, 1.807) is 6.20 Å². The molecule has 3 rings (SSSR count). The van der Waals surface area contributed by atoms with E-state index in [0.29, 0.717) is 0 Å². The molecule has 3 unspecified atom stereocenters. The lowest BCUT2D eigenvalue weighted by molar-refractivity contribution is 0.121. The van der Waals surface area contributed by atoms with Crippen molar-refractivity contribution in [2.75, 3.05) is 6.61 Å². The van der Waals surface area contributed by atoms with Crippen LogP contribution in [-0.4, -0.2) is 28.8 Å². The van der Waals surface area contributed by atoms with Crippen LogP contribution in [0.1, 0.15) is 43.5 Å². The van der Waals surface area contributed by atoms with Gasteiger partial charge in [0.05, 0.1) is 18.3 Å². The Bertz CT molecular complexity index is 653. The Kier molecular flexibility index (Phi) is 5.34. The van der Waals surface area contributed by atoms with Crippen LogP contribution < -0.4 is 10.6 Å². The number of nitrogens with one attached hydrogen (secondary N) is 2. The van der Waals surface area contributed by atoms with Gasteiger partial charge in [0.2, 0.25) is 0 Å². The molecule has 0 bridgehead atoms. The first kappa shape index (κ1) is 17.4. The summed E-state index contributed by atoms with van der Waals surface area (Å²) in [7, 11) is 0. The molecule has 25 heavy (non-hydrogen) atoms. The van der Waals surface area contributed by atoms with Crippen molar-refractivity contribution in [3.05, 3.63) is 66.0 Å². The summed E-state index contributed by atoms with van der Waals surface area (Å²) in [5, 5.41) is 15.8. The zero-order valence-corrected chi connectivity index (χ0v) is 14.5. The molecule has 1 fully saturated rings. The number of urea groups is 1. The fourth-order valence-electron chi connectivity index (χ4n) is 3.52. The summed E-state index contributed by atoms with van der Waals surface area (Å²) in [6.45, 7) is 2.11. The van der Waals surface area contributed by atoms with Gasteiger partial charge in [0, 0.05) is 17.7 Å². The molecule has 1 saturated carbocycles. The Labute approximate surface area is 148 Å². The fraction of sp³-hybridized carbons (Fsp3) is 0.400. The minimum atomic E-state index is -0.316. The highest BCUT2D eigenvalue weighted by molar-refractivity contribution is 5.75. The molecule has 0 aliphatic heterocycles. The lowest BCUT2D eigenvalue weighted by Crippen LogP contribution is -2.49. The number of benzene rings is 1. The number of aliphatic hydroxyl groups is 1. The lowest BCUT2D eigenvalue weighted by atomic mass is 9.86. The quantitative estimate of drug-likeness (QED) is 0.784. The third-order valence-corrected chi connectivity index (χ3v) is 5.14. The van der Waals surface area contributed by atoms with Gasteiger partial charge in [-0.25, -0.2) is 4.79 Å². The maximum absolute atomic E-state index is 12.6. The van der Waals surface area contributed by atoms with Gasteiger partial charge in [0.1, 0.15) is 0 Å². The third-order valence-electron chi connectivity index (χ3n) is 5.14. The van der Waals surface area contributed by atoms with Crippen LogP contribution in [-0.2, 0) is 0 Å². The molecule has 1 aliphatic carbocycles. The molecule has 5 heteroatoms. The van der Waals surface area contributed by atoms with Crippen LogP contribution in [0.5, 0.6) is 0 Å². The topological polar surface area (TPSA) is 74.2 Å². The van der Waals surface area contributed by atoms with Gasteiger partial charge in [-0.2, -0.15) is 0 Å². The predicted molar refractivity (Wildman–Crippen MR) is 97.0 cm³/mol. The van der Waals surface area contributed by atoms with Crippen molar-refractivity contribution in [3.63, 3.8) is 0 Å². The molecule has 5 nitrogen and oxygen atoms in total. The van der Waals surface area contributed by atoms with E-state index in [9.17, 15) is 9.90 Å². The molecular formula is C20H25N3O2. The summed E-state index contributed by atoms with van der Waals surface area (Å²) in [6, 6.07) is 14.9. The fourth-order valence-corrected chi connectivity index (χ4v) is 3.52.